The molecular formula is C25H20ClN5OS. The summed E-state index contributed by atoms with van der Waals surface area (Å²) >= 11 is 11.8. The van der Waals surface area contributed by atoms with Crippen LogP contribution in [0.4, 0.5) is 11.4 Å². The van der Waals surface area contributed by atoms with Gasteiger partial charge in [0.05, 0.1) is 23.9 Å². The Balaban J connectivity index is 1.70. The summed E-state index contributed by atoms with van der Waals surface area (Å²) in [7, 11) is 1.70. The number of fused-ring (bicyclic) bond motifs is 1. The SMILES string of the molecule is CN1C(=O)C(NC(=S)Nc2ccccc2CC#N)N=C(c2ccccc2)c2cc(Cl)ccc21. The number of rotatable bonds is 4. The van der Waals surface area contributed by atoms with E-state index in [1.165, 1.54) is 0 Å². The summed E-state index contributed by atoms with van der Waals surface area (Å²) in [6.45, 7) is 0. The van der Waals surface area contributed by atoms with Crippen molar-refractivity contribution >= 4 is 51.9 Å². The minimum Gasteiger partial charge on any atom is -0.333 e. The number of aliphatic imine (C=N–C) groups is 1. The highest BCUT2D eigenvalue weighted by molar-refractivity contribution is 7.80. The second-order valence-electron chi connectivity index (χ2n) is 7.40. The summed E-state index contributed by atoms with van der Waals surface area (Å²) in [5.41, 5.74) is 4.46. The highest BCUT2D eigenvalue weighted by Gasteiger charge is 2.30. The number of para-hydroxylation sites is 1. The van der Waals surface area contributed by atoms with Crippen LogP contribution in [-0.4, -0.2) is 29.9 Å². The molecule has 0 radical (unpaired) electrons. The third kappa shape index (κ3) is 4.87. The lowest BCUT2D eigenvalue weighted by molar-refractivity contribution is -0.119. The number of anilines is 2. The molecule has 3 aromatic carbocycles. The van der Waals surface area contributed by atoms with E-state index in [0.29, 0.717) is 22.1 Å². The maximum Gasteiger partial charge on any atom is 0.272 e. The van der Waals surface area contributed by atoms with Crippen LogP contribution in [0.5, 0.6) is 0 Å². The molecule has 1 unspecified atom stereocenters. The first-order valence-corrected chi connectivity index (χ1v) is 11.0. The van der Waals surface area contributed by atoms with Crippen molar-refractivity contribution in [2.24, 2.45) is 4.99 Å². The van der Waals surface area contributed by atoms with Crippen molar-refractivity contribution in [2.45, 2.75) is 12.6 Å². The Bertz CT molecular complexity index is 1290. The minimum atomic E-state index is -0.959. The number of benzene rings is 3. The molecule has 33 heavy (non-hydrogen) atoms. The number of carbonyl (C=O) groups is 1. The second-order valence-corrected chi connectivity index (χ2v) is 8.24. The number of nitrogens with zero attached hydrogens (tertiary/aromatic N) is 3. The summed E-state index contributed by atoms with van der Waals surface area (Å²) < 4.78 is 0. The Morgan fingerprint density at radius 1 is 1.15 bits per heavy atom. The Kier molecular flexibility index (Phi) is 6.68. The predicted octanol–water partition coefficient (Wildman–Crippen LogP) is 4.53. The molecule has 6 nitrogen and oxygen atoms in total. The highest BCUT2D eigenvalue weighted by atomic mass is 35.5. The molecule has 4 rings (SSSR count). The number of thiocarbonyl (C=S) groups is 1. The van der Waals surface area contributed by atoms with Gasteiger partial charge in [0, 0.05) is 28.9 Å². The van der Waals surface area contributed by atoms with E-state index < -0.39 is 6.17 Å². The normalized spacial score (nSPS) is 15.1. The van der Waals surface area contributed by atoms with Crippen LogP contribution in [0.1, 0.15) is 16.7 Å². The lowest BCUT2D eigenvalue weighted by Crippen LogP contribution is -2.47. The number of amides is 1. The van der Waals surface area contributed by atoms with Gasteiger partial charge in [0.1, 0.15) is 0 Å². The number of benzodiazepines with no additional fused rings is 1. The molecule has 0 fully saturated rings. The summed E-state index contributed by atoms with van der Waals surface area (Å²) in [6, 6.07) is 24.5. The summed E-state index contributed by atoms with van der Waals surface area (Å²) in [4.78, 5) is 19.6. The first-order valence-electron chi connectivity index (χ1n) is 10.2. The van der Waals surface area contributed by atoms with Crippen LogP contribution in [0.3, 0.4) is 0 Å². The molecule has 0 aromatic heterocycles. The van der Waals surface area contributed by atoms with Gasteiger partial charge in [-0.15, -0.1) is 0 Å². The number of nitriles is 1. The molecule has 1 amide bonds. The Morgan fingerprint density at radius 3 is 2.64 bits per heavy atom. The van der Waals surface area contributed by atoms with Crippen molar-refractivity contribution in [2.75, 3.05) is 17.3 Å². The molecule has 3 aromatic rings. The van der Waals surface area contributed by atoms with E-state index in [1.807, 2.05) is 66.7 Å². The van der Waals surface area contributed by atoms with E-state index in [9.17, 15) is 4.79 Å². The largest absolute Gasteiger partial charge is 0.333 e. The fourth-order valence-electron chi connectivity index (χ4n) is 3.63. The maximum absolute atomic E-state index is 13.3. The molecule has 0 saturated heterocycles. The van der Waals surface area contributed by atoms with Crippen LogP contribution < -0.4 is 15.5 Å². The Hall–Kier alpha value is -3.73. The number of carbonyl (C=O) groups excluding carboxylic acids is 1. The lowest BCUT2D eigenvalue weighted by atomic mass is 10.0. The topological polar surface area (TPSA) is 80.5 Å². The van der Waals surface area contributed by atoms with E-state index in [0.717, 1.165) is 16.7 Å². The quantitative estimate of drug-likeness (QED) is 0.544. The average Bonchev–Trinajstić information content (AvgIpc) is 2.91. The molecule has 8 heteroatoms. The fourth-order valence-corrected chi connectivity index (χ4v) is 4.02. The molecule has 2 N–H and O–H groups in total. The van der Waals surface area contributed by atoms with Crippen molar-refractivity contribution in [3.8, 4) is 6.07 Å². The minimum absolute atomic E-state index is 0.229. The Labute approximate surface area is 202 Å². The van der Waals surface area contributed by atoms with Gasteiger partial charge in [-0.3, -0.25) is 4.79 Å². The molecule has 1 aliphatic rings. The zero-order valence-electron chi connectivity index (χ0n) is 17.7. The van der Waals surface area contributed by atoms with Crippen molar-refractivity contribution in [3.63, 3.8) is 0 Å². The summed E-state index contributed by atoms with van der Waals surface area (Å²) in [5, 5.41) is 16.0. The Morgan fingerprint density at radius 2 is 1.88 bits per heavy atom. The van der Waals surface area contributed by atoms with Crippen LogP contribution in [0.25, 0.3) is 0 Å². The van der Waals surface area contributed by atoms with Crippen LogP contribution >= 0.6 is 23.8 Å². The first-order chi connectivity index (χ1) is 16.0. The van der Waals surface area contributed by atoms with Gasteiger partial charge in [-0.05, 0) is 42.0 Å². The van der Waals surface area contributed by atoms with Crippen molar-refractivity contribution in [1.29, 1.82) is 5.26 Å². The number of hydrogen-bond donors (Lipinski definition) is 2. The van der Waals surface area contributed by atoms with Gasteiger partial charge >= 0.3 is 0 Å². The zero-order valence-corrected chi connectivity index (χ0v) is 19.3. The molecule has 0 spiro atoms. The standard InChI is InChI=1S/C25H20ClN5OS/c1-31-21-12-11-18(26)15-19(21)22(17-8-3-2-4-9-17)29-23(24(31)32)30-25(33)28-20-10-6-5-7-16(20)13-14-27/h2-12,15,23H,13H2,1H3,(H2,28,30,33). The maximum atomic E-state index is 13.3. The third-order valence-electron chi connectivity index (χ3n) is 5.25. The highest BCUT2D eigenvalue weighted by Crippen LogP contribution is 2.30. The second kappa shape index (κ2) is 9.82. The van der Waals surface area contributed by atoms with Gasteiger partial charge < -0.3 is 15.5 Å². The molecule has 1 atom stereocenters. The molecule has 164 valence electrons. The number of hydrogen-bond acceptors (Lipinski definition) is 4. The first kappa shape index (κ1) is 22.5. The summed E-state index contributed by atoms with van der Waals surface area (Å²) in [5.74, 6) is -0.265. The third-order valence-corrected chi connectivity index (χ3v) is 5.70. The van der Waals surface area contributed by atoms with Gasteiger partial charge in [0.15, 0.2) is 5.11 Å². The molecule has 0 bridgehead atoms. The van der Waals surface area contributed by atoms with Crippen molar-refractivity contribution < 1.29 is 4.79 Å². The molecule has 0 saturated carbocycles. The molecular weight excluding hydrogens is 454 g/mol. The number of halogens is 1. The van der Waals surface area contributed by atoms with Crippen LogP contribution in [-0.2, 0) is 11.2 Å². The van der Waals surface area contributed by atoms with Gasteiger partial charge in [-0.2, -0.15) is 5.26 Å². The number of nitrogens with one attached hydrogen (secondary N) is 2. The van der Waals surface area contributed by atoms with Crippen molar-refractivity contribution in [1.82, 2.24) is 5.32 Å². The summed E-state index contributed by atoms with van der Waals surface area (Å²) in [6.07, 6.45) is -0.719. The monoisotopic (exact) mass is 473 g/mol. The van der Waals surface area contributed by atoms with E-state index in [-0.39, 0.29) is 17.4 Å². The van der Waals surface area contributed by atoms with E-state index >= 15 is 0 Å². The van der Waals surface area contributed by atoms with E-state index in [1.54, 1.807) is 18.0 Å². The number of likely N-dealkylation sites (N-methyl/N-ethyl adjacent to an activating group) is 1. The lowest BCUT2D eigenvalue weighted by Gasteiger charge is -2.22. The van der Waals surface area contributed by atoms with Crippen LogP contribution in [0.2, 0.25) is 5.02 Å². The van der Waals surface area contributed by atoms with Crippen LogP contribution in [0.15, 0.2) is 77.8 Å². The fraction of sp³-hybridized carbons (Fsp3) is 0.120. The van der Waals surface area contributed by atoms with Crippen molar-refractivity contribution in [3.05, 3.63) is 94.5 Å². The van der Waals surface area contributed by atoms with Gasteiger partial charge in [0.25, 0.3) is 5.91 Å². The average molecular weight is 474 g/mol. The van der Waals surface area contributed by atoms with E-state index in [2.05, 4.69) is 16.7 Å². The predicted molar refractivity (Wildman–Crippen MR) is 136 cm³/mol. The van der Waals surface area contributed by atoms with E-state index in [4.69, 9.17) is 34.1 Å². The van der Waals surface area contributed by atoms with Crippen LogP contribution in [0, 0.1) is 11.3 Å². The molecule has 1 heterocycles. The van der Waals surface area contributed by atoms with Gasteiger partial charge in [-0.25, -0.2) is 4.99 Å². The smallest absolute Gasteiger partial charge is 0.272 e. The molecule has 0 aliphatic carbocycles. The molecule has 1 aliphatic heterocycles. The van der Waals surface area contributed by atoms with Gasteiger partial charge in [0.2, 0.25) is 6.17 Å². The van der Waals surface area contributed by atoms with Gasteiger partial charge in [-0.1, -0.05) is 60.1 Å². The zero-order chi connectivity index (χ0) is 23.4.